The van der Waals surface area contributed by atoms with Crippen LogP contribution in [-0.2, 0) is 0 Å². The second-order valence-corrected chi connectivity index (χ2v) is 4.45. The molecule has 2 rings (SSSR count). The maximum atomic E-state index is 5.61. The number of pyridine rings is 1. The SMILES string of the molecule is COc1cccnc1N(CCCN)C1CCC1. The molecule has 4 nitrogen and oxygen atoms in total. The molecule has 1 heterocycles. The van der Waals surface area contributed by atoms with E-state index in [1.54, 1.807) is 7.11 Å². The van der Waals surface area contributed by atoms with Gasteiger partial charge in [-0.05, 0) is 44.4 Å². The number of nitrogens with two attached hydrogens (primary N) is 1. The summed E-state index contributed by atoms with van der Waals surface area (Å²) in [5.41, 5.74) is 5.61. The molecular weight excluding hydrogens is 214 g/mol. The second kappa shape index (κ2) is 5.87. The van der Waals surface area contributed by atoms with Crippen LogP contribution in [0.4, 0.5) is 5.82 Å². The van der Waals surface area contributed by atoms with Gasteiger partial charge in [-0.2, -0.15) is 0 Å². The fourth-order valence-corrected chi connectivity index (χ4v) is 2.18. The number of hydrogen-bond donors (Lipinski definition) is 1. The van der Waals surface area contributed by atoms with E-state index in [4.69, 9.17) is 10.5 Å². The first-order valence-corrected chi connectivity index (χ1v) is 6.32. The third-order valence-corrected chi connectivity index (χ3v) is 3.36. The summed E-state index contributed by atoms with van der Waals surface area (Å²) in [4.78, 5) is 6.82. The summed E-state index contributed by atoms with van der Waals surface area (Å²) in [7, 11) is 1.70. The van der Waals surface area contributed by atoms with E-state index in [0.29, 0.717) is 6.04 Å². The highest BCUT2D eigenvalue weighted by Gasteiger charge is 2.27. The van der Waals surface area contributed by atoms with Gasteiger partial charge in [0.2, 0.25) is 0 Å². The van der Waals surface area contributed by atoms with Crippen LogP contribution < -0.4 is 15.4 Å². The lowest BCUT2D eigenvalue weighted by Gasteiger charge is -2.38. The molecule has 0 bridgehead atoms. The summed E-state index contributed by atoms with van der Waals surface area (Å²) in [6.07, 6.45) is 6.65. The molecule has 17 heavy (non-hydrogen) atoms. The van der Waals surface area contributed by atoms with E-state index < -0.39 is 0 Å². The van der Waals surface area contributed by atoms with Crippen LogP contribution in [0.25, 0.3) is 0 Å². The molecule has 1 fully saturated rings. The molecule has 1 saturated carbocycles. The van der Waals surface area contributed by atoms with Crippen LogP contribution in [0.2, 0.25) is 0 Å². The number of nitrogens with zero attached hydrogens (tertiary/aromatic N) is 2. The molecule has 1 aromatic heterocycles. The summed E-state index contributed by atoms with van der Waals surface area (Å²) in [5.74, 6) is 1.82. The van der Waals surface area contributed by atoms with Crippen molar-refractivity contribution in [3.63, 3.8) is 0 Å². The van der Waals surface area contributed by atoms with Gasteiger partial charge in [0.05, 0.1) is 7.11 Å². The molecule has 0 saturated heterocycles. The Hall–Kier alpha value is -1.29. The maximum absolute atomic E-state index is 5.61. The Morgan fingerprint density at radius 2 is 2.35 bits per heavy atom. The molecule has 0 atom stereocenters. The minimum Gasteiger partial charge on any atom is -0.493 e. The first-order valence-electron chi connectivity index (χ1n) is 6.32. The molecule has 0 aliphatic heterocycles. The smallest absolute Gasteiger partial charge is 0.171 e. The number of anilines is 1. The topological polar surface area (TPSA) is 51.4 Å². The zero-order chi connectivity index (χ0) is 12.1. The van der Waals surface area contributed by atoms with Crippen molar-refractivity contribution in [2.45, 2.75) is 31.7 Å². The van der Waals surface area contributed by atoms with Crippen LogP contribution in [0, 0.1) is 0 Å². The van der Waals surface area contributed by atoms with E-state index in [0.717, 1.165) is 31.1 Å². The van der Waals surface area contributed by atoms with E-state index >= 15 is 0 Å². The zero-order valence-electron chi connectivity index (χ0n) is 10.4. The standard InChI is InChI=1S/C13H21N3O/c1-17-12-7-3-9-15-13(12)16(10-4-8-14)11-5-2-6-11/h3,7,9,11H,2,4-6,8,10,14H2,1H3. The Kier molecular flexibility index (Phi) is 4.20. The third-order valence-electron chi connectivity index (χ3n) is 3.36. The Bertz CT molecular complexity index is 352. The molecular formula is C13H21N3O. The number of ether oxygens (including phenoxy) is 1. The average molecular weight is 235 g/mol. The Morgan fingerprint density at radius 3 is 2.94 bits per heavy atom. The van der Waals surface area contributed by atoms with Gasteiger partial charge in [-0.15, -0.1) is 0 Å². The molecule has 94 valence electrons. The van der Waals surface area contributed by atoms with Gasteiger partial charge in [-0.25, -0.2) is 4.98 Å². The molecule has 0 aromatic carbocycles. The van der Waals surface area contributed by atoms with Crippen LogP contribution in [0.5, 0.6) is 5.75 Å². The summed E-state index contributed by atoms with van der Waals surface area (Å²) >= 11 is 0. The van der Waals surface area contributed by atoms with Crippen LogP contribution in [-0.4, -0.2) is 31.2 Å². The van der Waals surface area contributed by atoms with Crippen LogP contribution in [0.1, 0.15) is 25.7 Å². The number of hydrogen-bond acceptors (Lipinski definition) is 4. The lowest BCUT2D eigenvalue weighted by molar-refractivity contribution is 0.370. The van der Waals surface area contributed by atoms with Gasteiger partial charge in [0.25, 0.3) is 0 Å². The molecule has 2 N–H and O–H groups in total. The lowest BCUT2D eigenvalue weighted by atomic mass is 9.91. The molecule has 0 radical (unpaired) electrons. The van der Waals surface area contributed by atoms with E-state index in [1.807, 2.05) is 18.3 Å². The quantitative estimate of drug-likeness (QED) is 0.817. The van der Waals surface area contributed by atoms with E-state index in [1.165, 1.54) is 19.3 Å². The van der Waals surface area contributed by atoms with Gasteiger partial charge >= 0.3 is 0 Å². The van der Waals surface area contributed by atoms with Crippen molar-refractivity contribution in [2.75, 3.05) is 25.1 Å². The number of rotatable bonds is 6. The molecule has 0 amide bonds. The van der Waals surface area contributed by atoms with Crippen molar-refractivity contribution in [3.8, 4) is 5.75 Å². The van der Waals surface area contributed by atoms with Gasteiger partial charge in [0.15, 0.2) is 11.6 Å². The lowest BCUT2D eigenvalue weighted by Crippen LogP contribution is -2.42. The highest BCUT2D eigenvalue weighted by atomic mass is 16.5. The highest BCUT2D eigenvalue weighted by Crippen LogP contribution is 2.33. The molecule has 0 unspecified atom stereocenters. The summed E-state index contributed by atoms with van der Waals surface area (Å²) in [5, 5.41) is 0. The summed E-state index contributed by atoms with van der Waals surface area (Å²) in [6.45, 7) is 1.69. The predicted molar refractivity (Wildman–Crippen MR) is 69.4 cm³/mol. The maximum Gasteiger partial charge on any atom is 0.171 e. The van der Waals surface area contributed by atoms with Crippen molar-refractivity contribution in [2.24, 2.45) is 5.73 Å². The minimum absolute atomic E-state index is 0.616. The number of methoxy groups -OCH3 is 1. The predicted octanol–water partition coefficient (Wildman–Crippen LogP) is 1.80. The monoisotopic (exact) mass is 235 g/mol. The fraction of sp³-hybridized carbons (Fsp3) is 0.615. The first-order chi connectivity index (χ1) is 8.36. The van der Waals surface area contributed by atoms with Crippen molar-refractivity contribution in [1.29, 1.82) is 0 Å². The zero-order valence-corrected chi connectivity index (χ0v) is 10.4. The fourth-order valence-electron chi connectivity index (χ4n) is 2.18. The molecule has 4 heteroatoms. The summed E-state index contributed by atoms with van der Waals surface area (Å²) in [6, 6.07) is 4.49. The van der Waals surface area contributed by atoms with Crippen molar-refractivity contribution in [3.05, 3.63) is 18.3 Å². The van der Waals surface area contributed by atoms with Gasteiger partial charge in [0.1, 0.15) is 0 Å². The third kappa shape index (κ3) is 2.69. The van der Waals surface area contributed by atoms with Gasteiger partial charge in [-0.1, -0.05) is 0 Å². The van der Waals surface area contributed by atoms with E-state index in [2.05, 4.69) is 9.88 Å². The Labute approximate surface area is 103 Å². The van der Waals surface area contributed by atoms with Crippen LogP contribution in [0.3, 0.4) is 0 Å². The van der Waals surface area contributed by atoms with E-state index in [-0.39, 0.29) is 0 Å². The van der Waals surface area contributed by atoms with Crippen molar-refractivity contribution >= 4 is 5.82 Å². The molecule has 1 aliphatic carbocycles. The number of aromatic nitrogens is 1. The van der Waals surface area contributed by atoms with Gasteiger partial charge < -0.3 is 15.4 Å². The van der Waals surface area contributed by atoms with E-state index in [9.17, 15) is 0 Å². The highest BCUT2D eigenvalue weighted by molar-refractivity contribution is 5.53. The molecule has 1 aromatic rings. The molecule has 1 aliphatic rings. The van der Waals surface area contributed by atoms with Gasteiger partial charge in [-0.3, -0.25) is 0 Å². The first kappa shape index (κ1) is 12.2. The average Bonchev–Trinajstić information content (AvgIpc) is 2.32. The van der Waals surface area contributed by atoms with Crippen LogP contribution >= 0.6 is 0 Å². The van der Waals surface area contributed by atoms with Gasteiger partial charge in [0, 0.05) is 18.8 Å². The normalized spacial score (nSPS) is 15.4. The largest absolute Gasteiger partial charge is 0.493 e. The molecule has 0 spiro atoms. The minimum atomic E-state index is 0.616. The van der Waals surface area contributed by atoms with Crippen molar-refractivity contribution < 1.29 is 4.74 Å². The Balaban J connectivity index is 2.17. The van der Waals surface area contributed by atoms with Crippen molar-refractivity contribution in [1.82, 2.24) is 4.98 Å². The van der Waals surface area contributed by atoms with Crippen LogP contribution in [0.15, 0.2) is 18.3 Å². The second-order valence-electron chi connectivity index (χ2n) is 4.45. The summed E-state index contributed by atoms with van der Waals surface area (Å²) < 4.78 is 5.39. The Morgan fingerprint density at radius 1 is 1.53 bits per heavy atom.